The summed E-state index contributed by atoms with van der Waals surface area (Å²) in [4.78, 5) is 12.3. The third-order valence-electron chi connectivity index (χ3n) is 5.90. The lowest BCUT2D eigenvalue weighted by atomic mass is 9.89. The summed E-state index contributed by atoms with van der Waals surface area (Å²) in [7, 11) is 0. The topological polar surface area (TPSA) is 44.8 Å². The van der Waals surface area contributed by atoms with Gasteiger partial charge < -0.3 is 14.2 Å². The van der Waals surface area contributed by atoms with Gasteiger partial charge in [-0.25, -0.2) is 0 Å². The van der Waals surface area contributed by atoms with Gasteiger partial charge in [-0.3, -0.25) is 4.79 Å². The Kier molecular flexibility index (Phi) is 7.80. The molecule has 0 unspecified atom stereocenters. The second-order valence-electron chi connectivity index (χ2n) is 8.26. The maximum atomic E-state index is 12.3. The zero-order chi connectivity index (χ0) is 22.0. The molecule has 0 amide bonds. The van der Waals surface area contributed by atoms with Crippen LogP contribution in [0.15, 0.2) is 78.9 Å². The first-order valence-electron chi connectivity index (χ1n) is 11.5. The number of rotatable bonds is 9. The number of carbonyl (C=O) groups excluding carboxylic acids is 1. The minimum Gasteiger partial charge on any atom is -0.458 e. The number of hydrogen-bond donors (Lipinski definition) is 0. The van der Waals surface area contributed by atoms with E-state index < -0.39 is 0 Å². The van der Waals surface area contributed by atoms with Crippen molar-refractivity contribution in [1.29, 1.82) is 0 Å². The minimum atomic E-state index is -0.0751. The van der Waals surface area contributed by atoms with Crippen LogP contribution in [0.3, 0.4) is 0 Å². The number of aryl methyl sites for hydroxylation is 2. The summed E-state index contributed by atoms with van der Waals surface area (Å²) in [6.45, 7) is 0.182. The lowest BCUT2D eigenvalue weighted by Crippen LogP contribution is -2.22. The Morgan fingerprint density at radius 1 is 0.656 bits per heavy atom. The fourth-order valence-corrected chi connectivity index (χ4v) is 3.99. The molecule has 0 radical (unpaired) electrons. The van der Waals surface area contributed by atoms with Crippen molar-refractivity contribution in [2.45, 2.75) is 44.9 Å². The van der Waals surface area contributed by atoms with Crippen LogP contribution in [0.5, 0.6) is 17.2 Å². The van der Waals surface area contributed by atoms with Gasteiger partial charge in [-0.2, -0.15) is 0 Å². The molecule has 0 atom stereocenters. The fraction of sp³-hybridized carbons (Fsp3) is 0.321. The lowest BCUT2D eigenvalue weighted by Gasteiger charge is -2.19. The molecule has 0 bridgehead atoms. The van der Waals surface area contributed by atoms with Gasteiger partial charge in [-0.1, -0.05) is 61.7 Å². The smallest absolute Gasteiger partial charge is 0.314 e. The summed E-state index contributed by atoms with van der Waals surface area (Å²) in [6, 6.07) is 25.6. The third-order valence-corrected chi connectivity index (χ3v) is 5.90. The molecule has 3 aromatic carbocycles. The third kappa shape index (κ3) is 6.61. The van der Waals surface area contributed by atoms with Crippen molar-refractivity contribution in [1.82, 2.24) is 0 Å². The van der Waals surface area contributed by atoms with E-state index in [4.69, 9.17) is 14.2 Å². The highest BCUT2D eigenvalue weighted by atomic mass is 16.7. The molecule has 32 heavy (non-hydrogen) atoms. The van der Waals surface area contributed by atoms with Crippen molar-refractivity contribution in [2.75, 3.05) is 6.79 Å². The number of benzene rings is 3. The maximum Gasteiger partial charge on any atom is 0.314 e. The van der Waals surface area contributed by atoms with Gasteiger partial charge >= 0.3 is 5.97 Å². The average Bonchev–Trinajstić information content (AvgIpc) is 2.85. The van der Waals surface area contributed by atoms with Gasteiger partial charge in [-0.15, -0.1) is 0 Å². The van der Waals surface area contributed by atoms with Crippen molar-refractivity contribution in [3.05, 3.63) is 90.0 Å². The Labute approximate surface area is 190 Å². The number of para-hydroxylation sites is 1. The molecule has 4 nitrogen and oxygen atoms in total. The van der Waals surface area contributed by atoms with E-state index in [9.17, 15) is 4.79 Å². The maximum absolute atomic E-state index is 12.3. The summed E-state index contributed by atoms with van der Waals surface area (Å²) in [6.07, 6.45) is 7.27. The highest BCUT2D eigenvalue weighted by molar-refractivity contribution is 5.75. The van der Waals surface area contributed by atoms with Crippen LogP contribution in [0.2, 0.25) is 0 Å². The van der Waals surface area contributed by atoms with E-state index in [1.54, 1.807) is 0 Å². The molecule has 0 aliphatic heterocycles. The first kappa shape index (κ1) is 21.9. The summed E-state index contributed by atoms with van der Waals surface area (Å²) < 4.78 is 16.8. The van der Waals surface area contributed by atoms with E-state index in [0.717, 1.165) is 50.0 Å². The Morgan fingerprint density at radius 3 is 1.78 bits per heavy atom. The predicted octanol–water partition coefficient (Wildman–Crippen LogP) is 6.37. The number of hydrogen-bond acceptors (Lipinski definition) is 4. The molecule has 4 heteroatoms. The molecule has 0 saturated heterocycles. The Hall–Kier alpha value is -3.27. The Morgan fingerprint density at radius 2 is 1.19 bits per heavy atom. The van der Waals surface area contributed by atoms with E-state index in [1.807, 2.05) is 66.7 Å². The van der Waals surface area contributed by atoms with Gasteiger partial charge in [0.05, 0.1) is 5.92 Å². The van der Waals surface area contributed by atoms with Crippen LogP contribution in [0.25, 0.3) is 0 Å². The SMILES string of the molecule is O=C(Oc1ccc(CCc2ccc(OCOc3ccccc3)cc2)cc1)C1CCCCC1. The predicted molar refractivity (Wildman–Crippen MR) is 125 cm³/mol. The van der Waals surface area contributed by atoms with E-state index in [2.05, 4.69) is 12.1 Å². The lowest BCUT2D eigenvalue weighted by molar-refractivity contribution is -0.139. The molecule has 0 aromatic heterocycles. The van der Waals surface area contributed by atoms with Crippen molar-refractivity contribution in [3.8, 4) is 17.2 Å². The quantitative estimate of drug-likeness (QED) is 0.225. The Bertz CT molecular complexity index is 959. The normalized spacial score (nSPS) is 14.0. The number of esters is 1. The minimum absolute atomic E-state index is 0.0697. The molecule has 0 heterocycles. The first-order valence-corrected chi connectivity index (χ1v) is 11.5. The molecule has 166 valence electrons. The van der Waals surface area contributed by atoms with Gasteiger partial charge in [0, 0.05) is 0 Å². The van der Waals surface area contributed by atoms with E-state index >= 15 is 0 Å². The van der Waals surface area contributed by atoms with Crippen LogP contribution in [0, 0.1) is 5.92 Å². The summed E-state index contributed by atoms with van der Waals surface area (Å²) in [5, 5.41) is 0. The molecule has 1 aliphatic rings. The van der Waals surface area contributed by atoms with Gasteiger partial charge in [0.15, 0.2) is 0 Å². The molecular formula is C28H30O4. The first-order chi connectivity index (χ1) is 15.8. The van der Waals surface area contributed by atoms with Crippen LogP contribution < -0.4 is 14.2 Å². The number of carbonyl (C=O) groups is 1. The molecule has 1 aliphatic carbocycles. The van der Waals surface area contributed by atoms with Crippen molar-refractivity contribution in [3.63, 3.8) is 0 Å². The second-order valence-corrected chi connectivity index (χ2v) is 8.26. The zero-order valence-corrected chi connectivity index (χ0v) is 18.4. The summed E-state index contributed by atoms with van der Waals surface area (Å²) >= 11 is 0. The van der Waals surface area contributed by atoms with Crippen LogP contribution in [0.4, 0.5) is 0 Å². The molecule has 0 N–H and O–H groups in total. The number of ether oxygens (including phenoxy) is 3. The molecule has 0 spiro atoms. The second kappa shape index (κ2) is 11.4. The zero-order valence-electron chi connectivity index (χ0n) is 18.4. The van der Waals surface area contributed by atoms with Crippen LogP contribution in [0.1, 0.15) is 43.2 Å². The van der Waals surface area contributed by atoms with Gasteiger partial charge in [0.25, 0.3) is 0 Å². The van der Waals surface area contributed by atoms with Gasteiger partial charge in [0.1, 0.15) is 17.2 Å². The molecule has 3 aromatic rings. The van der Waals surface area contributed by atoms with E-state index in [0.29, 0.717) is 5.75 Å². The fourth-order valence-electron chi connectivity index (χ4n) is 3.99. The standard InChI is InChI=1S/C28H30O4/c29-28(24-7-3-1-4-8-24)32-27-19-15-23(16-20-27)12-11-22-13-17-26(18-14-22)31-21-30-25-9-5-2-6-10-25/h2,5-6,9-10,13-20,24H,1,3-4,7-8,11-12,21H2. The van der Waals surface area contributed by atoms with E-state index in [1.165, 1.54) is 17.5 Å². The highest BCUT2D eigenvalue weighted by Gasteiger charge is 2.22. The largest absolute Gasteiger partial charge is 0.458 e. The average molecular weight is 431 g/mol. The van der Waals surface area contributed by atoms with Crippen molar-refractivity contribution in [2.24, 2.45) is 5.92 Å². The highest BCUT2D eigenvalue weighted by Crippen LogP contribution is 2.26. The molecule has 1 saturated carbocycles. The van der Waals surface area contributed by atoms with Gasteiger partial charge in [0.2, 0.25) is 6.79 Å². The van der Waals surface area contributed by atoms with E-state index in [-0.39, 0.29) is 18.7 Å². The summed E-state index contributed by atoms with van der Waals surface area (Å²) in [5.41, 5.74) is 2.47. The van der Waals surface area contributed by atoms with Crippen molar-refractivity contribution < 1.29 is 19.0 Å². The van der Waals surface area contributed by atoms with Crippen LogP contribution >= 0.6 is 0 Å². The van der Waals surface area contributed by atoms with Crippen molar-refractivity contribution >= 4 is 5.97 Å². The van der Waals surface area contributed by atoms with Gasteiger partial charge in [-0.05, 0) is 73.2 Å². The summed E-state index contributed by atoms with van der Waals surface area (Å²) in [5.74, 6) is 2.21. The van der Waals surface area contributed by atoms with Crippen LogP contribution in [-0.4, -0.2) is 12.8 Å². The molecular weight excluding hydrogens is 400 g/mol. The molecule has 4 rings (SSSR count). The molecule has 1 fully saturated rings. The van der Waals surface area contributed by atoms with Crippen LogP contribution in [-0.2, 0) is 17.6 Å². The Balaban J connectivity index is 1.20. The monoisotopic (exact) mass is 430 g/mol.